The zero-order valence-electron chi connectivity index (χ0n) is 9.55. The number of aliphatic carboxylic acids is 1. The molecule has 0 spiro atoms. The highest BCUT2D eigenvalue weighted by Crippen LogP contribution is 2.22. The molecule has 1 aromatic rings. The summed E-state index contributed by atoms with van der Waals surface area (Å²) in [5.41, 5.74) is 0. The Hall–Kier alpha value is -1.08. The first-order chi connectivity index (χ1) is 8.15. The van der Waals surface area contributed by atoms with Crippen molar-refractivity contribution in [1.29, 1.82) is 0 Å². The van der Waals surface area contributed by atoms with Crippen molar-refractivity contribution in [3.05, 3.63) is 5.89 Å². The average molecular weight is 257 g/mol. The Kier molecular flexibility index (Phi) is 4.01. The molecule has 1 saturated carbocycles. The van der Waals surface area contributed by atoms with E-state index in [0.717, 1.165) is 12.8 Å². The molecule has 94 valence electrons. The second-order valence-electron chi connectivity index (χ2n) is 4.06. The molecule has 17 heavy (non-hydrogen) atoms. The van der Waals surface area contributed by atoms with Crippen molar-refractivity contribution in [2.75, 3.05) is 5.75 Å². The minimum absolute atomic E-state index is 0.395. The third-order valence-corrected chi connectivity index (χ3v) is 3.30. The van der Waals surface area contributed by atoms with Crippen LogP contribution in [0.15, 0.2) is 9.64 Å². The molecule has 7 heteroatoms. The molecule has 1 fully saturated rings. The van der Waals surface area contributed by atoms with Gasteiger partial charge in [0.2, 0.25) is 5.89 Å². The first-order valence-electron chi connectivity index (χ1n) is 5.57. The Balaban J connectivity index is 1.72. The molecular formula is C10H15N3O3S. The normalized spacial score (nSPS) is 17.0. The lowest BCUT2D eigenvalue weighted by atomic mass is 10.2. The Labute approximate surface area is 103 Å². The Morgan fingerprint density at radius 1 is 1.65 bits per heavy atom. The highest BCUT2D eigenvalue weighted by atomic mass is 32.2. The Morgan fingerprint density at radius 3 is 2.94 bits per heavy atom. The quantitative estimate of drug-likeness (QED) is 0.706. The van der Waals surface area contributed by atoms with Gasteiger partial charge in [0.1, 0.15) is 6.04 Å². The largest absolute Gasteiger partial charge is 0.480 e. The molecule has 2 N–H and O–H groups in total. The third-order valence-electron chi connectivity index (χ3n) is 2.45. The fourth-order valence-electron chi connectivity index (χ4n) is 1.41. The van der Waals surface area contributed by atoms with Crippen LogP contribution < -0.4 is 5.32 Å². The van der Waals surface area contributed by atoms with Crippen molar-refractivity contribution in [1.82, 2.24) is 15.5 Å². The molecule has 0 bridgehead atoms. The van der Waals surface area contributed by atoms with Crippen molar-refractivity contribution in [2.24, 2.45) is 0 Å². The van der Waals surface area contributed by atoms with E-state index in [9.17, 15) is 4.79 Å². The van der Waals surface area contributed by atoms with Gasteiger partial charge in [-0.25, -0.2) is 0 Å². The van der Waals surface area contributed by atoms with Gasteiger partial charge in [-0.1, -0.05) is 11.8 Å². The predicted molar refractivity (Wildman–Crippen MR) is 62.0 cm³/mol. The van der Waals surface area contributed by atoms with Crippen LogP contribution in [0.2, 0.25) is 0 Å². The van der Waals surface area contributed by atoms with Gasteiger partial charge in [0, 0.05) is 18.7 Å². The molecule has 0 aliphatic heterocycles. The lowest BCUT2D eigenvalue weighted by Crippen LogP contribution is -2.38. The minimum atomic E-state index is -0.792. The van der Waals surface area contributed by atoms with Gasteiger partial charge in [-0.05, 0) is 19.3 Å². The third kappa shape index (κ3) is 4.01. The van der Waals surface area contributed by atoms with Crippen LogP contribution in [0.3, 0.4) is 0 Å². The van der Waals surface area contributed by atoms with Crippen LogP contribution in [0, 0.1) is 6.92 Å². The molecule has 2 rings (SSSR count). The maximum Gasteiger partial charge on any atom is 0.320 e. The number of hydrogen-bond donors (Lipinski definition) is 2. The van der Waals surface area contributed by atoms with Crippen molar-refractivity contribution in [3.8, 4) is 0 Å². The van der Waals surface area contributed by atoms with Crippen LogP contribution in [0.1, 0.15) is 25.2 Å². The fourth-order valence-corrected chi connectivity index (χ4v) is 2.22. The number of hydrogen-bond acceptors (Lipinski definition) is 6. The molecule has 0 amide bonds. The van der Waals surface area contributed by atoms with Crippen LogP contribution in [-0.4, -0.2) is 39.1 Å². The van der Waals surface area contributed by atoms with Gasteiger partial charge < -0.3 is 14.8 Å². The highest BCUT2D eigenvalue weighted by molar-refractivity contribution is 7.99. The fraction of sp³-hybridized carbons (Fsp3) is 0.700. The van der Waals surface area contributed by atoms with Crippen molar-refractivity contribution >= 4 is 17.7 Å². The Bertz CT molecular complexity index is 392. The number of aryl methyl sites for hydroxylation is 1. The van der Waals surface area contributed by atoms with Crippen LogP contribution in [0.5, 0.6) is 0 Å². The summed E-state index contributed by atoms with van der Waals surface area (Å²) in [6.07, 6.45) is 2.72. The molecule has 1 unspecified atom stereocenters. The number of aromatic nitrogens is 2. The summed E-state index contributed by atoms with van der Waals surface area (Å²) in [5, 5.41) is 20.2. The van der Waals surface area contributed by atoms with Crippen molar-refractivity contribution < 1.29 is 14.3 Å². The van der Waals surface area contributed by atoms with E-state index < -0.39 is 12.0 Å². The summed E-state index contributed by atoms with van der Waals surface area (Å²) in [5.74, 6) is 0.385. The van der Waals surface area contributed by atoms with Crippen LogP contribution in [0.25, 0.3) is 0 Å². The number of carbonyl (C=O) groups is 1. The van der Waals surface area contributed by atoms with Gasteiger partial charge in [0.25, 0.3) is 5.22 Å². The van der Waals surface area contributed by atoms with E-state index in [-0.39, 0.29) is 0 Å². The number of carboxylic acids is 1. The maximum atomic E-state index is 11.0. The molecule has 0 aromatic carbocycles. The SMILES string of the molecule is Cc1nnc(SCCC(NC2CC2)C(=O)O)o1. The molecule has 0 saturated heterocycles. The van der Waals surface area contributed by atoms with Crippen LogP contribution in [0.4, 0.5) is 0 Å². The summed E-state index contributed by atoms with van der Waals surface area (Å²) in [6, 6.07) is -0.0780. The summed E-state index contributed by atoms with van der Waals surface area (Å²) < 4.78 is 5.19. The zero-order valence-corrected chi connectivity index (χ0v) is 10.4. The van der Waals surface area contributed by atoms with Crippen molar-refractivity contribution in [3.63, 3.8) is 0 Å². The van der Waals surface area contributed by atoms with E-state index in [0.29, 0.717) is 29.3 Å². The number of nitrogens with one attached hydrogen (secondary N) is 1. The topological polar surface area (TPSA) is 88.2 Å². The molecule has 1 atom stereocenters. The van der Waals surface area contributed by atoms with Gasteiger partial charge >= 0.3 is 5.97 Å². The number of carboxylic acid groups (broad SMARTS) is 1. The lowest BCUT2D eigenvalue weighted by molar-refractivity contribution is -0.139. The summed E-state index contributed by atoms with van der Waals surface area (Å²) >= 11 is 1.39. The summed E-state index contributed by atoms with van der Waals surface area (Å²) in [7, 11) is 0. The molecule has 1 heterocycles. The molecule has 0 radical (unpaired) electrons. The maximum absolute atomic E-state index is 11.0. The van der Waals surface area contributed by atoms with Gasteiger partial charge in [-0.3, -0.25) is 4.79 Å². The number of nitrogens with zero attached hydrogens (tertiary/aromatic N) is 2. The first-order valence-corrected chi connectivity index (χ1v) is 6.55. The van der Waals surface area contributed by atoms with E-state index in [1.807, 2.05) is 0 Å². The monoisotopic (exact) mass is 257 g/mol. The molecule has 6 nitrogen and oxygen atoms in total. The lowest BCUT2D eigenvalue weighted by Gasteiger charge is -2.12. The van der Waals surface area contributed by atoms with E-state index in [2.05, 4.69) is 15.5 Å². The highest BCUT2D eigenvalue weighted by Gasteiger charge is 2.27. The minimum Gasteiger partial charge on any atom is -0.480 e. The van der Waals surface area contributed by atoms with Gasteiger partial charge in [-0.2, -0.15) is 0 Å². The van der Waals surface area contributed by atoms with E-state index in [1.54, 1.807) is 6.92 Å². The van der Waals surface area contributed by atoms with Crippen molar-refractivity contribution in [2.45, 2.75) is 43.5 Å². The second-order valence-corrected chi connectivity index (χ2v) is 5.10. The van der Waals surface area contributed by atoms with E-state index in [1.165, 1.54) is 11.8 Å². The average Bonchev–Trinajstić information content (AvgIpc) is 3.00. The number of thioether (sulfide) groups is 1. The molecular weight excluding hydrogens is 242 g/mol. The standard InChI is InChI=1S/C10H15N3O3S/c1-6-12-13-10(16-6)17-5-4-8(9(14)15)11-7-2-3-7/h7-8,11H,2-5H2,1H3,(H,14,15). The molecule has 1 aliphatic rings. The Morgan fingerprint density at radius 2 is 2.41 bits per heavy atom. The van der Waals surface area contributed by atoms with Gasteiger partial charge in [0.15, 0.2) is 0 Å². The van der Waals surface area contributed by atoms with Gasteiger partial charge in [0.05, 0.1) is 0 Å². The first kappa shape index (κ1) is 12.4. The summed E-state index contributed by atoms with van der Waals surface area (Å²) in [4.78, 5) is 11.0. The second kappa shape index (κ2) is 5.50. The number of rotatable bonds is 7. The summed E-state index contributed by atoms with van der Waals surface area (Å²) in [6.45, 7) is 1.73. The molecule has 1 aromatic heterocycles. The zero-order chi connectivity index (χ0) is 12.3. The predicted octanol–water partition coefficient (Wildman–Crippen LogP) is 1.07. The van der Waals surface area contributed by atoms with E-state index in [4.69, 9.17) is 9.52 Å². The molecule has 1 aliphatic carbocycles. The van der Waals surface area contributed by atoms with Crippen LogP contribution in [-0.2, 0) is 4.79 Å². The van der Waals surface area contributed by atoms with Crippen LogP contribution >= 0.6 is 11.8 Å². The van der Waals surface area contributed by atoms with E-state index >= 15 is 0 Å². The van der Waals surface area contributed by atoms with Gasteiger partial charge in [-0.15, -0.1) is 10.2 Å². The smallest absolute Gasteiger partial charge is 0.320 e.